The first kappa shape index (κ1) is 15.7. The van der Waals surface area contributed by atoms with E-state index >= 15 is 0 Å². The standard InChI is InChI=1S/C18H19N5O/c1-13-4-3-5-14(10-13)11-19-17-12-20-23-18(22-17)21-15-6-8-16(24-2)9-7-15/h3-10,12H,11H2,1-2H3,(H2,19,21,22,23). The Morgan fingerprint density at radius 3 is 2.67 bits per heavy atom. The van der Waals surface area contributed by atoms with Gasteiger partial charge in [-0.1, -0.05) is 29.8 Å². The SMILES string of the molecule is COc1ccc(Nc2nncc(NCc3cccc(C)c3)n2)cc1. The van der Waals surface area contributed by atoms with Crippen LogP contribution in [0.2, 0.25) is 0 Å². The molecule has 0 radical (unpaired) electrons. The second-order valence-corrected chi connectivity index (χ2v) is 5.36. The summed E-state index contributed by atoms with van der Waals surface area (Å²) in [6, 6.07) is 15.9. The van der Waals surface area contributed by atoms with Gasteiger partial charge < -0.3 is 15.4 Å². The van der Waals surface area contributed by atoms with Crippen LogP contribution in [0.4, 0.5) is 17.5 Å². The largest absolute Gasteiger partial charge is 0.497 e. The Morgan fingerprint density at radius 2 is 1.92 bits per heavy atom. The Bertz CT molecular complexity index is 805. The van der Waals surface area contributed by atoms with Gasteiger partial charge in [0.25, 0.3) is 0 Å². The van der Waals surface area contributed by atoms with Crippen LogP contribution in [0.5, 0.6) is 5.75 Å². The first-order valence-electron chi connectivity index (χ1n) is 7.63. The van der Waals surface area contributed by atoms with Crippen LogP contribution in [0.25, 0.3) is 0 Å². The Kier molecular flexibility index (Phi) is 4.86. The average Bonchev–Trinajstić information content (AvgIpc) is 2.61. The highest BCUT2D eigenvalue weighted by atomic mass is 16.5. The Labute approximate surface area is 140 Å². The van der Waals surface area contributed by atoms with Crippen molar-refractivity contribution < 1.29 is 4.74 Å². The molecule has 1 aromatic heterocycles. The van der Waals surface area contributed by atoms with Gasteiger partial charge in [0.15, 0.2) is 5.82 Å². The maximum absolute atomic E-state index is 5.14. The van der Waals surface area contributed by atoms with E-state index in [-0.39, 0.29) is 0 Å². The molecule has 0 bridgehead atoms. The smallest absolute Gasteiger partial charge is 0.249 e. The van der Waals surface area contributed by atoms with E-state index in [1.165, 1.54) is 11.1 Å². The van der Waals surface area contributed by atoms with E-state index in [0.717, 1.165) is 11.4 Å². The molecule has 3 rings (SSSR count). The van der Waals surface area contributed by atoms with Gasteiger partial charge in [0, 0.05) is 12.2 Å². The van der Waals surface area contributed by atoms with Crippen molar-refractivity contribution in [3.05, 3.63) is 65.9 Å². The van der Waals surface area contributed by atoms with Crippen molar-refractivity contribution >= 4 is 17.5 Å². The summed E-state index contributed by atoms with van der Waals surface area (Å²) in [5, 5.41) is 14.4. The fourth-order valence-corrected chi connectivity index (χ4v) is 2.26. The summed E-state index contributed by atoms with van der Waals surface area (Å²) in [5.41, 5.74) is 3.30. The summed E-state index contributed by atoms with van der Waals surface area (Å²) in [6.07, 6.45) is 1.61. The summed E-state index contributed by atoms with van der Waals surface area (Å²) < 4.78 is 5.14. The lowest BCUT2D eigenvalue weighted by Gasteiger charge is -2.08. The van der Waals surface area contributed by atoms with Crippen LogP contribution in [-0.4, -0.2) is 22.3 Å². The molecule has 1 heterocycles. The molecule has 6 heteroatoms. The van der Waals surface area contributed by atoms with Gasteiger partial charge in [0.1, 0.15) is 5.75 Å². The van der Waals surface area contributed by atoms with Gasteiger partial charge in [-0.05, 0) is 36.8 Å². The number of aromatic nitrogens is 3. The normalized spacial score (nSPS) is 10.2. The van der Waals surface area contributed by atoms with E-state index in [9.17, 15) is 0 Å². The summed E-state index contributed by atoms with van der Waals surface area (Å²) in [5.74, 6) is 1.91. The number of hydrogen-bond donors (Lipinski definition) is 2. The number of anilines is 3. The molecular weight excluding hydrogens is 302 g/mol. The van der Waals surface area contributed by atoms with Gasteiger partial charge in [-0.3, -0.25) is 0 Å². The van der Waals surface area contributed by atoms with Crippen molar-refractivity contribution in [2.24, 2.45) is 0 Å². The molecule has 2 N–H and O–H groups in total. The second kappa shape index (κ2) is 7.41. The molecular formula is C18H19N5O. The number of rotatable bonds is 6. The highest BCUT2D eigenvalue weighted by Crippen LogP contribution is 2.18. The summed E-state index contributed by atoms with van der Waals surface area (Å²) in [7, 11) is 1.64. The first-order chi connectivity index (χ1) is 11.7. The maximum Gasteiger partial charge on any atom is 0.249 e. The maximum atomic E-state index is 5.14. The molecule has 122 valence electrons. The third-order valence-electron chi connectivity index (χ3n) is 3.46. The number of nitrogens with zero attached hydrogens (tertiary/aromatic N) is 3. The minimum absolute atomic E-state index is 0.439. The zero-order chi connectivity index (χ0) is 16.8. The summed E-state index contributed by atoms with van der Waals surface area (Å²) in [6.45, 7) is 2.76. The van der Waals surface area contributed by atoms with Crippen molar-refractivity contribution in [1.82, 2.24) is 15.2 Å². The minimum Gasteiger partial charge on any atom is -0.497 e. The van der Waals surface area contributed by atoms with Gasteiger partial charge in [-0.2, -0.15) is 10.1 Å². The average molecular weight is 321 g/mol. The van der Waals surface area contributed by atoms with E-state index in [4.69, 9.17) is 4.74 Å². The fourth-order valence-electron chi connectivity index (χ4n) is 2.26. The van der Waals surface area contributed by atoms with Gasteiger partial charge in [-0.25, -0.2) is 0 Å². The van der Waals surface area contributed by atoms with Crippen LogP contribution < -0.4 is 15.4 Å². The lowest BCUT2D eigenvalue weighted by atomic mass is 10.1. The molecule has 6 nitrogen and oxygen atoms in total. The predicted molar refractivity (Wildman–Crippen MR) is 94.6 cm³/mol. The second-order valence-electron chi connectivity index (χ2n) is 5.36. The van der Waals surface area contributed by atoms with Crippen molar-refractivity contribution in [3.8, 4) is 5.75 Å². The number of benzene rings is 2. The molecule has 0 aliphatic rings. The number of methoxy groups -OCH3 is 1. The van der Waals surface area contributed by atoms with Gasteiger partial charge in [-0.15, -0.1) is 5.10 Å². The molecule has 0 amide bonds. The minimum atomic E-state index is 0.439. The van der Waals surface area contributed by atoms with Crippen LogP contribution >= 0.6 is 0 Å². The Hall–Kier alpha value is -3.15. The highest BCUT2D eigenvalue weighted by molar-refractivity contribution is 5.55. The molecule has 2 aromatic carbocycles. The zero-order valence-electron chi connectivity index (χ0n) is 13.7. The van der Waals surface area contributed by atoms with Crippen LogP contribution in [-0.2, 0) is 6.54 Å². The lowest BCUT2D eigenvalue weighted by molar-refractivity contribution is 0.415. The number of ether oxygens (including phenoxy) is 1. The molecule has 0 fully saturated rings. The van der Waals surface area contributed by atoms with Crippen molar-refractivity contribution in [2.75, 3.05) is 17.7 Å². The molecule has 0 atom stereocenters. The van der Waals surface area contributed by atoms with Gasteiger partial charge in [0.05, 0.1) is 13.3 Å². The Morgan fingerprint density at radius 1 is 1.08 bits per heavy atom. The van der Waals surface area contributed by atoms with Crippen LogP contribution in [0, 0.1) is 6.92 Å². The summed E-state index contributed by atoms with van der Waals surface area (Å²) in [4.78, 5) is 4.42. The number of aryl methyl sites for hydroxylation is 1. The molecule has 3 aromatic rings. The molecule has 0 saturated heterocycles. The van der Waals surface area contributed by atoms with Gasteiger partial charge in [0.2, 0.25) is 5.95 Å². The zero-order valence-corrected chi connectivity index (χ0v) is 13.7. The number of nitrogens with one attached hydrogen (secondary N) is 2. The summed E-state index contributed by atoms with van der Waals surface area (Å²) >= 11 is 0. The van der Waals surface area contributed by atoms with Crippen LogP contribution in [0.15, 0.2) is 54.7 Å². The quantitative estimate of drug-likeness (QED) is 0.723. The van der Waals surface area contributed by atoms with Crippen LogP contribution in [0.1, 0.15) is 11.1 Å². The molecule has 0 unspecified atom stereocenters. The lowest BCUT2D eigenvalue weighted by Crippen LogP contribution is -2.05. The Balaban J connectivity index is 1.65. The monoisotopic (exact) mass is 321 g/mol. The molecule has 0 spiro atoms. The third-order valence-corrected chi connectivity index (χ3v) is 3.46. The molecule has 0 saturated carbocycles. The van der Waals surface area contributed by atoms with E-state index < -0.39 is 0 Å². The predicted octanol–water partition coefficient (Wildman–Crippen LogP) is 3.54. The third kappa shape index (κ3) is 4.19. The first-order valence-corrected chi connectivity index (χ1v) is 7.63. The molecule has 0 aliphatic carbocycles. The fraction of sp³-hybridized carbons (Fsp3) is 0.167. The van der Waals surface area contributed by atoms with E-state index in [0.29, 0.717) is 18.3 Å². The van der Waals surface area contributed by atoms with Crippen molar-refractivity contribution in [2.45, 2.75) is 13.5 Å². The van der Waals surface area contributed by atoms with Crippen LogP contribution in [0.3, 0.4) is 0 Å². The molecule has 24 heavy (non-hydrogen) atoms. The van der Waals surface area contributed by atoms with Crippen molar-refractivity contribution in [3.63, 3.8) is 0 Å². The van der Waals surface area contributed by atoms with E-state index in [2.05, 4.69) is 50.9 Å². The molecule has 0 aliphatic heterocycles. The number of hydrogen-bond acceptors (Lipinski definition) is 6. The highest BCUT2D eigenvalue weighted by Gasteiger charge is 2.02. The van der Waals surface area contributed by atoms with Gasteiger partial charge >= 0.3 is 0 Å². The van der Waals surface area contributed by atoms with E-state index in [1.54, 1.807) is 13.3 Å². The van der Waals surface area contributed by atoms with E-state index in [1.807, 2.05) is 30.3 Å². The topological polar surface area (TPSA) is 72.0 Å². The van der Waals surface area contributed by atoms with Crippen molar-refractivity contribution in [1.29, 1.82) is 0 Å².